The van der Waals surface area contributed by atoms with Crippen LogP contribution in [0.25, 0.3) is 11.0 Å². The van der Waals surface area contributed by atoms with E-state index in [9.17, 15) is 4.79 Å². The topological polar surface area (TPSA) is 49.0 Å². The zero-order valence-electron chi connectivity index (χ0n) is 11.3. The molecule has 0 unspecified atom stereocenters. The summed E-state index contributed by atoms with van der Waals surface area (Å²) in [7, 11) is 1.84. The smallest absolute Gasteiger partial charge is 0.253 e. The summed E-state index contributed by atoms with van der Waals surface area (Å²) in [6, 6.07) is 5.54. The second-order valence-corrected chi connectivity index (χ2v) is 5.86. The molecule has 0 aliphatic rings. The van der Waals surface area contributed by atoms with Gasteiger partial charge < -0.3 is 9.88 Å². The van der Waals surface area contributed by atoms with Gasteiger partial charge in [-0.3, -0.25) is 4.79 Å². The van der Waals surface area contributed by atoms with Gasteiger partial charge in [0.05, 0.1) is 17.4 Å². The van der Waals surface area contributed by atoms with E-state index >= 15 is 0 Å². The van der Waals surface area contributed by atoms with Crippen LogP contribution in [0.4, 0.5) is 0 Å². The molecule has 4 nitrogen and oxygen atoms in total. The highest BCUT2D eigenvalue weighted by Gasteiger charge is 2.19. The van der Waals surface area contributed by atoms with Gasteiger partial charge in [0.1, 0.15) is 0 Å². The lowest BCUT2D eigenvalue weighted by Gasteiger charge is -2.26. The molecule has 0 aliphatic heterocycles. The molecule has 0 fully saturated rings. The summed E-state index contributed by atoms with van der Waals surface area (Å²) < 4.78 is 0. The zero-order valence-corrected chi connectivity index (χ0v) is 11.3. The first-order valence-corrected chi connectivity index (χ1v) is 6.05. The third-order valence-electron chi connectivity index (χ3n) is 2.73. The first-order valence-electron chi connectivity index (χ1n) is 6.05. The number of imidazole rings is 1. The highest BCUT2D eigenvalue weighted by Crippen LogP contribution is 2.17. The summed E-state index contributed by atoms with van der Waals surface area (Å²) in [5.41, 5.74) is 2.57. The molecule has 2 rings (SSSR count). The molecule has 0 aliphatic carbocycles. The minimum atomic E-state index is 0.0430. The largest absolute Gasteiger partial charge is 0.345 e. The average molecular weight is 245 g/mol. The third kappa shape index (κ3) is 2.70. The Labute approximate surface area is 107 Å². The number of fused-ring (bicyclic) bond motifs is 1. The van der Waals surface area contributed by atoms with Gasteiger partial charge in [0.25, 0.3) is 5.91 Å². The van der Waals surface area contributed by atoms with Gasteiger partial charge in [-0.2, -0.15) is 0 Å². The number of aromatic nitrogens is 2. The number of aromatic amines is 1. The van der Waals surface area contributed by atoms with Gasteiger partial charge in [0.2, 0.25) is 0 Å². The van der Waals surface area contributed by atoms with Crippen LogP contribution in [0.1, 0.15) is 31.1 Å². The maximum absolute atomic E-state index is 12.3. The molecule has 1 amide bonds. The Hall–Kier alpha value is -1.84. The van der Waals surface area contributed by atoms with Crippen LogP contribution >= 0.6 is 0 Å². The number of H-pyrrole nitrogens is 1. The van der Waals surface area contributed by atoms with Crippen LogP contribution in [0.3, 0.4) is 0 Å². The predicted molar refractivity (Wildman–Crippen MR) is 72.5 cm³/mol. The Morgan fingerprint density at radius 1 is 1.39 bits per heavy atom. The summed E-state index contributed by atoms with van der Waals surface area (Å²) in [4.78, 5) is 21.2. The number of benzene rings is 1. The molecule has 2 aromatic rings. The van der Waals surface area contributed by atoms with Crippen molar-refractivity contribution < 1.29 is 4.79 Å². The second-order valence-electron chi connectivity index (χ2n) is 5.86. The van der Waals surface area contributed by atoms with Crippen molar-refractivity contribution in [2.75, 3.05) is 13.6 Å². The van der Waals surface area contributed by atoms with Gasteiger partial charge in [0, 0.05) is 19.2 Å². The number of carbonyl (C=O) groups is 1. The van der Waals surface area contributed by atoms with Crippen LogP contribution < -0.4 is 0 Å². The van der Waals surface area contributed by atoms with E-state index < -0.39 is 0 Å². The number of hydrogen-bond acceptors (Lipinski definition) is 2. The number of hydrogen-bond donors (Lipinski definition) is 1. The van der Waals surface area contributed by atoms with Crippen molar-refractivity contribution in [1.82, 2.24) is 14.9 Å². The molecule has 4 heteroatoms. The first kappa shape index (κ1) is 12.6. The number of rotatable bonds is 2. The van der Waals surface area contributed by atoms with E-state index in [1.54, 1.807) is 11.2 Å². The Morgan fingerprint density at radius 3 is 2.78 bits per heavy atom. The fraction of sp³-hybridized carbons (Fsp3) is 0.429. The second kappa shape index (κ2) is 4.44. The van der Waals surface area contributed by atoms with Crippen LogP contribution in [-0.4, -0.2) is 34.4 Å². The van der Waals surface area contributed by atoms with Crippen LogP contribution in [0, 0.1) is 5.41 Å². The van der Waals surface area contributed by atoms with E-state index in [4.69, 9.17) is 0 Å². The van der Waals surface area contributed by atoms with Crippen molar-refractivity contribution in [1.29, 1.82) is 0 Å². The summed E-state index contributed by atoms with van der Waals surface area (Å²) in [6.07, 6.45) is 1.64. The zero-order chi connectivity index (χ0) is 13.3. The molecule has 0 saturated carbocycles. The van der Waals surface area contributed by atoms with E-state index in [-0.39, 0.29) is 11.3 Å². The molecule has 0 atom stereocenters. The quantitative estimate of drug-likeness (QED) is 0.884. The molecular formula is C14H19N3O. The van der Waals surface area contributed by atoms with E-state index in [0.29, 0.717) is 5.56 Å². The van der Waals surface area contributed by atoms with Gasteiger partial charge in [-0.05, 0) is 23.6 Å². The van der Waals surface area contributed by atoms with E-state index in [1.165, 1.54) is 0 Å². The van der Waals surface area contributed by atoms with Crippen molar-refractivity contribution in [2.24, 2.45) is 5.41 Å². The minimum absolute atomic E-state index is 0.0430. The lowest BCUT2D eigenvalue weighted by molar-refractivity contribution is 0.0746. The highest BCUT2D eigenvalue weighted by molar-refractivity contribution is 5.97. The standard InChI is InChI=1S/C14H19N3O/c1-14(2,3)8-17(4)13(18)10-5-6-11-12(7-10)16-9-15-11/h5-7,9H,8H2,1-4H3,(H,15,16). The Morgan fingerprint density at radius 2 is 2.11 bits per heavy atom. The van der Waals surface area contributed by atoms with Crippen LogP contribution in [0.5, 0.6) is 0 Å². The molecule has 1 aromatic carbocycles. The molecule has 0 bridgehead atoms. The summed E-state index contributed by atoms with van der Waals surface area (Å²) in [5.74, 6) is 0.0430. The van der Waals surface area contributed by atoms with Crippen molar-refractivity contribution in [2.45, 2.75) is 20.8 Å². The van der Waals surface area contributed by atoms with Gasteiger partial charge in [-0.25, -0.2) is 4.98 Å². The Bertz CT molecular complexity index is 566. The van der Waals surface area contributed by atoms with Crippen molar-refractivity contribution in [3.8, 4) is 0 Å². The van der Waals surface area contributed by atoms with E-state index in [0.717, 1.165) is 17.6 Å². The number of carbonyl (C=O) groups excluding carboxylic acids is 1. The highest BCUT2D eigenvalue weighted by atomic mass is 16.2. The lowest BCUT2D eigenvalue weighted by atomic mass is 9.96. The fourth-order valence-corrected chi connectivity index (χ4v) is 2.07. The molecule has 0 spiro atoms. The molecule has 1 heterocycles. The Kier molecular flexibility index (Phi) is 3.11. The molecule has 0 radical (unpaired) electrons. The van der Waals surface area contributed by atoms with Crippen LogP contribution in [-0.2, 0) is 0 Å². The van der Waals surface area contributed by atoms with Crippen molar-refractivity contribution in [3.63, 3.8) is 0 Å². The average Bonchev–Trinajstić information content (AvgIpc) is 2.72. The monoisotopic (exact) mass is 245 g/mol. The summed E-state index contributed by atoms with van der Waals surface area (Å²) in [5, 5.41) is 0. The molecule has 18 heavy (non-hydrogen) atoms. The maximum Gasteiger partial charge on any atom is 0.253 e. The molecule has 96 valence electrons. The summed E-state index contributed by atoms with van der Waals surface area (Å²) >= 11 is 0. The molecular weight excluding hydrogens is 226 g/mol. The molecule has 1 aromatic heterocycles. The third-order valence-corrected chi connectivity index (χ3v) is 2.73. The first-order chi connectivity index (χ1) is 8.37. The van der Waals surface area contributed by atoms with Crippen molar-refractivity contribution >= 4 is 16.9 Å². The predicted octanol–water partition coefficient (Wildman–Crippen LogP) is 2.68. The van der Waals surface area contributed by atoms with Crippen LogP contribution in [0.15, 0.2) is 24.5 Å². The van der Waals surface area contributed by atoms with Crippen LogP contribution in [0.2, 0.25) is 0 Å². The minimum Gasteiger partial charge on any atom is -0.345 e. The Balaban J connectivity index is 2.22. The van der Waals surface area contributed by atoms with Gasteiger partial charge in [-0.1, -0.05) is 20.8 Å². The lowest BCUT2D eigenvalue weighted by Crippen LogP contribution is -2.34. The molecule has 0 saturated heterocycles. The SMILES string of the molecule is CN(CC(C)(C)C)C(=O)c1ccc2nc[nH]c2c1. The van der Waals surface area contributed by atoms with Gasteiger partial charge >= 0.3 is 0 Å². The fourth-order valence-electron chi connectivity index (χ4n) is 2.07. The van der Waals surface area contributed by atoms with Crippen molar-refractivity contribution in [3.05, 3.63) is 30.1 Å². The molecule has 1 N–H and O–H groups in total. The summed E-state index contributed by atoms with van der Waals surface area (Å²) in [6.45, 7) is 7.09. The number of amides is 1. The number of nitrogens with one attached hydrogen (secondary N) is 1. The van der Waals surface area contributed by atoms with E-state index in [1.807, 2.05) is 25.2 Å². The maximum atomic E-state index is 12.3. The normalized spacial score (nSPS) is 11.8. The van der Waals surface area contributed by atoms with Gasteiger partial charge in [0.15, 0.2) is 0 Å². The number of nitrogens with zero attached hydrogens (tertiary/aromatic N) is 2. The van der Waals surface area contributed by atoms with E-state index in [2.05, 4.69) is 30.7 Å². The van der Waals surface area contributed by atoms with Gasteiger partial charge in [-0.15, -0.1) is 0 Å².